The second-order valence-corrected chi connectivity index (χ2v) is 7.31. The molecule has 0 aliphatic heterocycles. The van der Waals surface area contributed by atoms with Crippen LogP contribution in [0.5, 0.6) is 0 Å². The summed E-state index contributed by atoms with van der Waals surface area (Å²) in [6.07, 6.45) is 8.74. The molecule has 0 atom stereocenters. The van der Waals surface area contributed by atoms with Crippen LogP contribution in [0.1, 0.15) is 58.2 Å². The third-order valence-corrected chi connectivity index (χ3v) is 4.09. The van der Waals surface area contributed by atoms with Crippen LogP contribution in [0.4, 0.5) is 4.79 Å². The monoisotopic (exact) mass is 291 g/mol. The van der Waals surface area contributed by atoms with Crippen LogP contribution in [0.25, 0.3) is 0 Å². The van der Waals surface area contributed by atoms with Crippen molar-refractivity contribution in [3.05, 3.63) is 18.2 Å². The molecular weight excluding hydrogens is 266 g/mol. The number of imidazole rings is 1. The Bertz CT molecular complexity index is 498. The third kappa shape index (κ3) is 3.77. The molecule has 1 aromatic rings. The molecule has 5 nitrogen and oxygen atoms in total. The molecule has 2 aliphatic carbocycles. The minimum atomic E-state index is -0.463. The summed E-state index contributed by atoms with van der Waals surface area (Å²) in [4.78, 5) is 16.1. The summed E-state index contributed by atoms with van der Waals surface area (Å²) in [6.45, 7) is 6.08. The number of hydrogen-bond donors (Lipinski definition) is 1. The molecule has 3 rings (SSSR count). The van der Waals surface area contributed by atoms with Crippen LogP contribution < -0.4 is 5.32 Å². The second kappa shape index (κ2) is 5.35. The molecule has 2 aliphatic rings. The Hall–Kier alpha value is -1.52. The van der Waals surface area contributed by atoms with Crippen LogP contribution in [0.3, 0.4) is 0 Å². The molecule has 0 saturated heterocycles. The molecule has 1 heterocycles. The highest BCUT2D eigenvalue weighted by Gasteiger charge is 2.43. The fraction of sp³-hybridized carbons (Fsp3) is 0.750. The van der Waals surface area contributed by atoms with Crippen molar-refractivity contribution in [3.63, 3.8) is 0 Å². The van der Waals surface area contributed by atoms with E-state index in [0.29, 0.717) is 12.6 Å². The van der Waals surface area contributed by atoms with Crippen molar-refractivity contribution < 1.29 is 9.53 Å². The number of rotatable bonds is 5. The second-order valence-electron chi connectivity index (χ2n) is 7.31. The molecule has 1 N–H and O–H groups in total. The Morgan fingerprint density at radius 3 is 2.52 bits per heavy atom. The quantitative estimate of drug-likeness (QED) is 0.906. The minimum absolute atomic E-state index is 0.371. The highest BCUT2D eigenvalue weighted by atomic mass is 16.6. The van der Waals surface area contributed by atoms with E-state index in [2.05, 4.69) is 14.9 Å². The fourth-order valence-electron chi connectivity index (χ4n) is 2.93. The van der Waals surface area contributed by atoms with Gasteiger partial charge in [0.25, 0.3) is 0 Å². The number of hydrogen-bond acceptors (Lipinski definition) is 3. The molecule has 116 valence electrons. The van der Waals surface area contributed by atoms with Crippen molar-refractivity contribution in [1.29, 1.82) is 0 Å². The first kappa shape index (κ1) is 14.4. The van der Waals surface area contributed by atoms with Gasteiger partial charge in [-0.3, -0.25) is 0 Å². The van der Waals surface area contributed by atoms with Crippen LogP contribution >= 0.6 is 0 Å². The molecule has 1 amide bonds. The molecule has 2 fully saturated rings. The SMILES string of the molecule is CC(C)(C)OC(=O)NCc1cncn1C(C1CC1)C1CC1. The van der Waals surface area contributed by atoms with Gasteiger partial charge in [0, 0.05) is 12.2 Å². The summed E-state index contributed by atoms with van der Waals surface area (Å²) in [6, 6.07) is 0.586. The van der Waals surface area contributed by atoms with E-state index in [1.807, 2.05) is 33.3 Å². The zero-order valence-electron chi connectivity index (χ0n) is 13.1. The Morgan fingerprint density at radius 2 is 2.00 bits per heavy atom. The summed E-state index contributed by atoms with van der Waals surface area (Å²) in [5.41, 5.74) is 0.610. The number of aromatic nitrogens is 2. The molecular formula is C16H25N3O2. The van der Waals surface area contributed by atoms with Gasteiger partial charge in [-0.25, -0.2) is 9.78 Å². The standard InChI is InChI=1S/C16H25N3O2/c1-16(2,3)21-15(20)18-9-13-8-17-10-19(13)14(11-4-5-11)12-6-7-12/h8,10-12,14H,4-7,9H2,1-3H3,(H,18,20). The lowest BCUT2D eigenvalue weighted by atomic mass is 10.1. The van der Waals surface area contributed by atoms with Crippen LogP contribution in [-0.4, -0.2) is 21.2 Å². The van der Waals surface area contributed by atoms with Crippen LogP contribution in [-0.2, 0) is 11.3 Å². The van der Waals surface area contributed by atoms with E-state index in [1.54, 1.807) is 0 Å². The predicted octanol–water partition coefficient (Wildman–Crippen LogP) is 3.27. The van der Waals surface area contributed by atoms with E-state index in [1.165, 1.54) is 25.7 Å². The molecule has 1 aromatic heterocycles. The van der Waals surface area contributed by atoms with Crippen molar-refractivity contribution in [2.24, 2.45) is 11.8 Å². The number of carbonyl (C=O) groups is 1. The predicted molar refractivity (Wildman–Crippen MR) is 79.8 cm³/mol. The van der Waals surface area contributed by atoms with Crippen LogP contribution in [0.15, 0.2) is 12.5 Å². The summed E-state index contributed by atoms with van der Waals surface area (Å²) < 4.78 is 7.56. The topological polar surface area (TPSA) is 56.1 Å². The largest absolute Gasteiger partial charge is 0.444 e. The zero-order chi connectivity index (χ0) is 15.0. The van der Waals surface area contributed by atoms with Gasteiger partial charge in [-0.15, -0.1) is 0 Å². The van der Waals surface area contributed by atoms with Crippen LogP contribution in [0.2, 0.25) is 0 Å². The average Bonchev–Trinajstić information content (AvgIpc) is 3.26. The number of amides is 1. The Balaban J connectivity index is 1.61. The van der Waals surface area contributed by atoms with Gasteiger partial charge >= 0.3 is 6.09 Å². The normalized spacial score (nSPS) is 18.9. The lowest BCUT2D eigenvalue weighted by Gasteiger charge is -2.22. The minimum Gasteiger partial charge on any atom is -0.444 e. The first-order chi connectivity index (χ1) is 9.94. The van der Waals surface area contributed by atoms with Crippen molar-refractivity contribution in [2.45, 2.75) is 64.6 Å². The lowest BCUT2D eigenvalue weighted by Crippen LogP contribution is -2.33. The van der Waals surface area contributed by atoms with E-state index in [0.717, 1.165) is 17.5 Å². The highest BCUT2D eigenvalue weighted by Crippen LogP contribution is 2.52. The van der Waals surface area contributed by atoms with E-state index in [-0.39, 0.29) is 6.09 Å². The third-order valence-electron chi connectivity index (χ3n) is 4.09. The first-order valence-corrected chi connectivity index (χ1v) is 7.91. The van der Waals surface area contributed by atoms with Gasteiger partial charge < -0.3 is 14.6 Å². The molecule has 0 aromatic carbocycles. The number of nitrogens with one attached hydrogen (secondary N) is 1. The van der Waals surface area contributed by atoms with Gasteiger partial charge in [0.15, 0.2) is 0 Å². The summed E-state index contributed by atoms with van der Waals surface area (Å²) >= 11 is 0. The van der Waals surface area contributed by atoms with Crippen LogP contribution in [0, 0.1) is 11.8 Å². The molecule has 0 spiro atoms. The van der Waals surface area contributed by atoms with Crippen molar-refractivity contribution in [1.82, 2.24) is 14.9 Å². The molecule has 2 saturated carbocycles. The van der Waals surface area contributed by atoms with Gasteiger partial charge in [0.1, 0.15) is 5.60 Å². The molecule has 21 heavy (non-hydrogen) atoms. The van der Waals surface area contributed by atoms with E-state index < -0.39 is 5.60 Å². The van der Waals surface area contributed by atoms with Gasteiger partial charge in [0.05, 0.1) is 18.6 Å². The summed E-state index contributed by atoms with van der Waals surface area (Å²) in [5.74, 6) is 1.62. The van der Waals surface area contributed by atoms with Crippen molar-refractivity contribution in [3.8, 4) is 0 Å². The maximum Gasteiger partial charge on any atom is 0.407 e. The average molecular weight is 291 g/mol. The Labute approximate surface area is 126 Å². The summed E-state index contributed by atoms with van der Waals surface area (Å²) in [7, 11) is 0. The lowest BCUT2D eigenvalue weighted by molar-refractivity contribution is 0.0522. The van der Waals surface area contributed by atoms with Gasteiger partial charge in [-0.1, -0.05) is 0 Å². The van der Waals surface area contributed by atoms with Gasteiger partial charge in [0.2, 0.25) is 0 Å². The Morgan fingerprint density at radius 1 is 1.38 bits per heavy atom. The van der Waals surface area contributed by atoms with Crippen molar-refractivity contribution in [2.75, 3.05) is 0 Å². The molecule has 5 heteroatoms. The van der Waals surface area contributed by atoms with E-state index in [9.17, 15) is 4.79 Å². The number of alkyl carbamates (subject to hydrolysis) is 1. The smallest absolute Gasteiger partial charge is 0.407 e. The summed E-state index contributed by atoms with van der Waals surface area (Å²) in [5, 5.41) is 2.83. The maximum absolute atomic E-state index is 11.8. The first-order valence-electron chi connectivity index (χ1n) is 7.91. The van der Waals surface area contributed by atoms with E-state index in [4.69, 9.17) is 4.74 Å². The van der Waals surface area contributed by atoms with Crippen molar-refractivity contribution >= 4 is 6.09 Å². The highest BCUT2D eigenvalue weighted by molar-refractivity contribution is 5.67. The number of carbonyl (C=O) groups excluding carboxylic acids is 1. The van der Waals surface area contributed by atoms with Gasteiger partial charge in [-0.2, -0.15) is 0 Å². The number of nitrogens with zero attached hydrogens (tertiary/aromatic N) is 2. The molecule has 0 radical (unpaired) electrons. The zero-order valence-corrected chi connectivity index (χ0v) is 13.1. The molecule has 0 bridgehead atoms. The maximum atomic E-state index is 11.8. The van der Waals surface area contributed by atoms with E-state index >= 15 is 0 Å². The number of ether oxygens (including phenoxy) is 1. The molecule has 0 unspecified atom stereocenters. The Kier molecular flexibility index (Phi) is 3.68. The van der Waals surface area contributed by atoms with Gasteiger partial charge in [-0.05, 0) is 58.3 Å². The fourth-order valence-corrected chi connectivity index (χ4v) is 2.93.